The van der Waals surface area contributed by atoms with Crippen molar-refractivity contribution in [2.24, 2.45) is 11.7 Å². The Bertz CT molecular complexity index is 931. The highest BCUT2D eigenvalue weighted by Crippen LogP contribution is 2.32. The molecule has 7 nitrogen and oxygen atoms in total. The highest BCUT2D eigenvalue weighted by atomic mass is 32.1. The first-order valence-electron chi connectivity index (χ1n) is 7.91. The molecule has 2 aromatic rings. The molecule has 0 unspecified atom stereocenters. The highest BCUT2D eigenvalue weighted by molar-refractivity contribution is 7.12. The molecule has 0 aromatic carbocycles. The number of hydrogen-bond donors (Lipinski definition) is 4. The number of aromatic amines is 1. The van der Waals surface area contributed by atoms with Crippen LogP contribution in [-0.2, 0) is 0 Å². The Kier molecular flexibility index (Phi) is 4.67. The molecule has 2 aromatic heterocycles. The van der Waals surface area contributed by atoms with E-state index in [0.717, 1.165) is 37.0 Å². The van der Waals surface area contributed by atoms with Gasteiger partial charge in [-0.1, -0.05) is 12.8 Å². The molecule has 3 rings (SSSR count). The fourth-order valence-corrected chi connectivity index (χ4v) is 3.80. The van der Waals surface area contributed by atoms with E-state index in [9.17, 15) is 14.9 Å². The number of pyridine rings is 1. The van der Waals surface area contributed by atoms with Gasteiger partial charge in [-0.15, -0.1) is 11.3 Å². The van der Waals surface area contributed by atoms with Crippen LogP contribution in [-0.4, -0.2) is 16.6 Å². The lowest BCUT2D eigenvalue weighted by Gasteiger charge is -2.16. The Hall–Kier alpha value is -2.92. The molecule has 1 amide bonds. The number of thiophene rings is 1. The lowest BCUT2D eigenvalue weighted by Crippen LogP contribution is -2.22. The number of H-pyrrole nitrogens is 1. The molecule has 128 valence electrons. The van der Waals surface area contributed by atoms with Crippen molar-refractivity contribution in [2.45, 2.75) is 25.7 Å². The van der Waals surface area contributed by atoms with Crippen molar-refractivity contribution in [3.05, 3.63) is 44.0 Å². The number of carbonyl (C=O) groups is 1. The van der Waals surface area contributed by atoms with Crippen LogP contribution in [0.25, 0.3) is 0 Å². The van der Waals surface area contributed by atoms with Gasteiger partial charge in [0.05, 0.1) is 16.1 Å². The van der Waals surface area contributed by atoms with Crippen LogP contribution in [0.15, 0.2) is 22.4 Å². The topological polar surface area (TPSA) is 136 Å². The maximum atomic E-state index is 12.4. The number of rotatable bonds is 5. The summed E-state index contributed by atoms with van der Waals surface area (Å²) in [6.07, 6.45) is 5.22. The SMILES string of the molecule is N#Cc1c[nH]c(=O)c(Nc2csc(C(N)=O)c2)c1C(=N)C1CCCC1. The first-order valence-corrected chi connectivity index (χ1v) is 8.79. The zero-order valence-corrected chi connectivity index (χ0v) is 14.2. The molecule has 8 heteroatoms. The maximum Gasteiger partial charge on any atom is 0.272 e. The van der Waals surface area contributed by atoms with Crippen molar-refractivity contribution in [1.82, 2.24) is 4.98 Å². The van der Waals surface area contributed by atoms with Gasteiger partial charge in [0, 0.05) is 28.8 Å². The van der Waals surface area contributed by atoms with E-state index >= 15 is 0 Å². The van der Waals surface area contributed by atoms with Gasteiger partial charge < -0.3 is 21.4 Å². The van der Waals surface area contributed by atoms with Crippen LogP contribution in [0, 0.1) is 22.7 Å². The number of amides is 1. The minimum absolute atomic E-state index is 0.0538. The third-order valence-electron chi connectivity index (χ3n) is 4.36. The van der Waals surface area contributed by atoms with Gasteiger partial charge in [0.1, 0.15) is 11.8 Å². The third-order valence-corrected chi connectivity index (χ3v) is 5.30. The van der Waals surface area contributed by atoms with E-state index in [4.69, 9.17) is 11.1 Å². The van der Waals surface area contributed by atoms with E-state index in [1.165, 1.54) is 6.20 Å². The molecule has 1 saturated carbocycles. The highest BCUT2D eigenvalue weighted by Gasteiger charge is 2.26. The molecular formula is C17H17N5O2S. The summed E-state index contributed by atoms with van der Waals surface area (Å²) in [6.45, 7) is 0. The van der Waals surface area contributed by atoms with Crippen molar-refractivity contribution >= 4 is 34.3 Å². The van der Waals surface area contributed by atoms with Gasteiger partial charge in [-0.2, -0.15) is 5.26 Å². The van der Waals surface area contributed by atoms with Gasteiger partial charge >= 0.3 is 0 Å². The Labute approximate surface area is 148 Å². The number of nitriles is 1. The second kappa shape index (κ2) is 6.91. The number of nitrogens with zero attached hydrogens (tertiary/aromatic N) is 1. The molecular weight excluding hydrogens is 338 g/mol. The molecule has 1 aliphatic carbocycles. The number of hydrogen-bond acceptors (Lipinski definition) is 6. The van der Waals surface area contributed by atoms with E-state index in [1.54, 1.807) is 11.4 Å². The van der Waals surface area contributed by atoms with Gasteiger partial charge in [-0.05, 0) is 18.9 Å². The van der Waals surface area contributed by atoms with Gasteiger partial charge in [0.15, 0.2) is 0 Å². The lowest BCUT2D eigenvalue weighted by molar-refractivity contribution is 0.100. The number of anilines is 2. The van der Waals surface area contributed by atoms with Crippen LogP contribution in [0.1, 0.15) is 46.5 Å². The Morgan fingerprint density at radius 2 is 2.16 bits per heavy atom. The van der Waals surface area contributed by atoms with Gasteiger partial charge in [-0.3, -0.25) is 9.59 Å². The zero-order chi connectivity index (χ0) is 18.0. The zero-order valence-electron chi connectivity index (χ0n) is 13.4. The summed E-state index contributed by atoms with van der Waals surface area (Å²) in [5.74, 6) is -0.491. The number of nitrogens with one attached hydrogen (secondary N) is 3. The summed E-state index contributed by atoms with van der Waals surface area (Å²) in [7, 11) is 0. The van der Waals surface area contributed by atoms with Crippen LogP contribution in [0.3, 0.4) is 0 Å². The van der Waals surface area contributed by atoms with Gasteiger partial charge in [0.25, 0.3) is 11.5 Å². The lowest BCUT2D eigenvalue weighted by atomic mass is 9.92. The largest absolute Gasteiger partial charge is 0.365 e. The van der Waals surface area contributed by atoms with E-state index in [1.807, 2.05) is 0 Å². The fourth-order valence-electron chi connectivity index (χ4n) is 3.11. The normalized spacial score (nSPS) is 14.2. The second-order valence-electron chi connectivity index (χ2n) is 5.98. The third kappa shape index (κ3) is 3.32. The van der Waals surface area contributed by atoms with Crippen LogP contribution in [0.2, 0.25) is 0 Å². The molecule has 25 heavy (non-hydrogen) atoms. The van der Waals surface area contributed by atoms with Gasteiger partial charge in [-0.25, -0.2) is 0 Å². The summed E-state index contributed by atoms with van der Waals surface area (Å²) >= 11 is 1.16. The quantitative estimate of drug-likeness (QED) is 0.613. The van der Waals surface area contributed by atoms with E-state index < -0.39 is 11.5 Å². The molecule has 0 saturated heterocycles. The maximum absolute atomic E-state index is 12.4. The van der Waals surface area contributed by atoms with Gasteiger partial charge in [0.2, 0.25) is 0 Å². The Balaban J connectivity index is 2.05. The summed E-state index contributed by atoms with van der Waals surface area (Å²) < 4.78 is 0. The number of primary amides is 1. The van der Waals surface area contributed by atoms with Crippen LogP contribution < -0.4 is 16.6 Å². The second-order valence-corrected chi connectivity index (χ2v) is 6.89. The van der Waals surface area contributed by atoms with Crippen molar-refractivity contribution in [3.8, 4) is 6.07 Å². The van der Waals surface area contributed by atoms with E-state index in [2.05, 4.69) is 16.4 Å². The predicted molar refractivity (Wildman–Crippen MR) is 96.7 cm³/mol. The summed E-state index contributed by atoms with van der Waals surface area (Å²) in [6, 6.07) is 3.60. The average Bonchev–Trinajstić information content (AvgIpc) is 3.27. The minimum Gasteiger partial charge on any atom is -0.365 e. The molecule has 2 heterocycles. The standard InChI is InChI=1S/C17H17N5O2S/c18-6-10-7-21-17(24)15(13(10)14(19)9-3-1-2-4-9)22-11-5-12(16(20)23)25-8-11/h5,7-9,19,22H,1-4H2,(H2,20,23)(H,21,24). The monoisotopic (exact) mass is 355 g/mol. The smallest absolute Gasteiger partial charge is 0.272 e. The molecule has 1 aliphatic rings. The number of carbonyl (C=O) groups excluding carboxylic acids is 1. The molecule has 1 fully saturated rings. The number of aromatic nitrogens is 1. The van der Waals surface area contributed by atoms with Crippen LogP contribution >= 0.6 is 11.3 Å². The van der Waals surface area contributed by atoms with E-state index in [0.29, 0.717) is 21.8 Å². The molecule has 0 radical (unpaired) electrons. The van der Waals surface area contributed by atoms with Crippen LogP contribution in [0.5, 0.6) is 0 Å². The van der Waals surface area contributed by atoms with Crippen molar-refractivity contribution < 1.29 is 4.79 Å². The minimum atomic E-state index is -0.545. The fraction of sp³-hybridized carbons (Fsp3) is 0.294. The first-order chi connectivity index (χ1) is 12.0. The average molecular weight is 355 g/mol. The van der Waals surface area contributed by atoms with Crippen LogP contribution in [0.4, 0.5) is 11.4 Å². The molecule has 0 bridgehead atoms. The van der Waals surface area contributed by atoms with Crippen molar-refractivity contribution in [3.63, 3.8) is 0 Å². The Morgan fingerprint density at radius 3 is 2.76 bits per heavy atom. The summed E-state index contributed by atoms with van der Waals surface area (Å²) in [5.41, 5.74) is 6.43. The predicted octanol–water partition coefficient (Wildman–Crippen LogP) is 2.71. The molecule has 0 spiro atoms. The summed E-state index contributed by atoms with van der Waals surface area (Å²) in [4.78, 5) is 26.5. The molecule has 5 N–H and O–H groups in total. The summed E-state index contributed by atoms with van der Waals surface area (Å²) in [5, 5.41) is 22.6. The van der Waals surface area contributed by atoms with Crippen molar-refractivity contribution in [2.75, 3.05) is 5.32 Å². The molecule has 0 atom stereocenters. The first kappa shape index (κ1) is 16.9. The Morgan fingerprint density at radius 1 is 1.44 bits per heavy atom. The molecule has 0 aliphatic heterocycles. The number of nitrogens with two attached hydrogens (primary N) is 1. The van der Waals surface area contributed by atoms with E-state index in [-0.39, 0.29) is 17.2 Å². The van der Waals surface area contributed by atoms with Crippen molar-refractivity contribution in [1.29, 1.82) is 10.7 Å².